The van der Waals surface area contributed by atoms with E-state index in [0.29, 0.717) is 33.7 Å². The van der Waals surface area contributed by atoms with Crippen molar-refractivity contribution in [1.82, 2.24) is 4.98 Å². The highest BCUT2D eigenvalue weighted by Crippen LogP contribution is 2.33. The molecule has 2 N–H and O–H groups in total. The van der Waals surface area contributed by atoms with Crippen LogP contribution in [0.2, 0.25) is 10.0 Å². The number of hydrogen-bond donors (Lipinski definition) is 2. The van der Waals surface area contributed by atoms with E-state index < -0.39 is 17.8 Å². The van der Waals surface area contributed by atoms with Gasteiger partial charge in [0.15, 0.2) is 5.13 Å². The van der Waals surface area contributed by atoms with E-state index in [1.807, 2.05) is 5.38 Å². The van der Waals surface area contributed by atoms with Crippen molar-refractivity contribution in [1.29, 1.82) is 0 Å². The number of aromatic nitrogens is 1. The number of carboxylic acids is 1. The molecule has 0 radical (unpaired) electrons. The van der Waals surface area contributed by atoms with Crippen LogP contribution in [0, 0.1) is 11.8 Å². The second-order valence-electron chi connectivity index (χ2n) is 5.99. The molecular weight excluding hydrogens is 383 g/mol. The quantitative estimate of drug-likeness (QED) is 0.763. The minimum absolute atomic E-state index is 0.276. The van der Waals surface area contributed by atoms with E-state index in [1.165, 1.54) is 11.3 Å². The molecule has 0 aliphatic heterocycles. The molecule has 5 nitrogen and oxygen atoms in total. The highest BCUT2D eigenvalue weighted by molar-refractivity contribution is 7.14. The second-order valence-corrected chi connectivity index (χ2v) is 7.66. The van der Waals surface area contributed by atoms with E-state index in [2.05, 4.69) is 10.3 Å². The van der Waals surface area contributed by atoms with Gasteiger partial charge in [-0.05, 0) is 25.0 Å². The first-order valence-corrected chi connectivity index (χ1v) is 9.54. The smallest absolute Gasteiger partial charge is 0.307 e. The summed E-state index contributed by atoms with van der Waals surface area (Å²) in [4.78, 5) is 28.2. The number of hydrogen-bond acceptors (Lipinski definition) is 4. The first kappa shape index (κ1) is 18.2. The molecule has 2 atom stereocenters. The number of carboxylic acid groups (broad SMARTS) is 1. The van der Waals surface area contributed by atoms with Crippen LogP contribution in [0.1, 0.15) is 25.7 Å². The molecule has 8 heteroatoms. The summed E-state index contributed by atoms with van der Waals surface area (Å²) in [7, 11) is 0. The first-order chi connectivity index (χ1) is 12.0. The average Bonchev–Trinajstić information content (AvgIpc) is 3.05. The number of thiazole rings is 1. The van der Waals surface area contributed by atoms with Crippen molar-refractivity contribution < 1.29 is 14.7 Å². The van der Waals surface area contributed by atoms with Gasteiger partial charge < -0.3 is 10.4 Å². The molecule has 0 unspecified atom stereocenters. The zero-order chi connectivity index (χ0) is 18.0. The minimum atomic E-state index is -0.907. The lowest BCUT2D eigenvalue weighted by Gasteiger charge is -2.26. The van der Waals surface area contributed by atoms with E-state index in [1.54, 1.807) is 18.2 Å². The number of carbonyl (C=O) groups excluding carboxylic acids is 1. The molecule has 1 amide bonds. The predicted octanol–water partition coefficient (Wildman–Crippen LogP) is 4.95. The van der Waals surface area contributed by atoms with Crippen LogP contribution < -0.4 is 5.32 Å². The zero-order valence-corrected chi connectivity index (χ0v) is 15.5. The number of nitrogens with one attached hydrogen (secondary N) is 1. The summed E-state index contributed by atoms with van der Waals surface area (Å²) >= 11 is 13.2. The molecule has 0 spiro atoms. The summed E-state index contributed by atoms with van der Waals surface area (Å²) in [6.45, 7) is 0. The molecule has 1 fully saturated rings. The Labute approximate surface area is 159 Å². The summed E-state index contributed by atoms with van der Waals surface area (Å²) in [6, 6.07) is 5.21. The summed E-state index contributed by atoms with van der Waals surface area (Å²) in [5.74, 6) is -2.32. The van der Waals surface area contributed by atoms with Gasteiger partial charge in [0, 0.05) is 10.9 Å². The largest absolute Gasteiger partial charge is 0.481 e. The Kier molecular flexibility index (Phi) is 5.61. The Hall–Kier alpha value is -1.63. The van der Waals surface area contributed by atoms with Crippen molar-refractivity contribution in [3.63, 3.8) is 0 Å². The van der Waals surface area contributed by atoms with Gasteiger partial charge in [0.1, 0.15) is 0 Å². The molecule has 132 valence electrons. The van der Waals surface area contributed by atoms with E-state index in [4.69, 9.17) is 23.2 Å². The molecule has 1 aliphatic carbocycles. The Morgan fingerprint density at radius 2 is 1.88 bits per heavy atom. The third kappa shape index (κ3) is 4.14. The van der Waals surface area contributed by atoms with Gasteiger partial charge in [-0.15, -0.1) is 11.3 Å². The number of carbonyl (C=O) groups is 2. The van der Waals surface area contributed by atoms with Gasteiger partial charge in [0.25, 0.3) is 0 Å². The van der Waals surface area contributed by atoms with Gasteiger partial charge in [-0.25, -0.2) is 4.98 Å². The van der Waals surface area contributed by atoms with Crippen molar-refractivity contribution in [3.8, 4) is 11.3 Å². The van der Waals surface area contributed by atoms with Crippen molar-refractivity contribution in [2.75, 3.05) is 5.32 Å². The molecule has 1 heterocycles. The van der Waals surface area contributed by atoms with Crippen LogP contribution in [0.5, 0.6) is 0 Å². The van der Waals surface area contributed by atoms with E-state index in [-0.39, 0.29) is 5.91 Å². The average molecular weight is 399 g/mol. The molecule has 1 aromatic heterocycles. The SMILES string of the molecule is O=C(O)[C@H]1CCCC[C@@H]1C(=O)Nc1nc(-c2ccc(Cl)c(Cl)c2)cs1. The van der Waals surface area contributed by atoms with E-state index in [9.17, 15) is 14.7 Å². The van der Waals surface area contributed by atoms with Gasteiger partial charge >= 0.3 is 5.97 Å². The number of benzene rings is 1. The molecule has 1 aromatic carbocycles. The predicted molar refractivity (Wildman–Crippen MR) is 99.3 cm³/mol. The normalized spacial score (nSPS) is 20.2. The fraction of sp³-hybridized carbons (Fsp3) is 0.353. The summed E-state index contributed by atoms with van der Waals surface area (Å²) in [5, 5.41) is 15.2. The van der Waals surface area contributed by atoms with Crippen LogP contribution in [0.25, 0.3) is 11.3 Å². The number of anilines is 1. The van der Waals surface area contributed by atoms with E-state index in [0.717, 1.165) is 18.4 Å². The Bertz CT molecular complexity index is 809. The minimum Gasteiger partial charge on any atom is -0.481 e. The van der Waals surface area contributed by atoms with Gasteiger partial charge in [-0.1, -0.05) is 42.1 Å². The number of amides is 1. The van der Waals surface area contributed by atoms with Gasteiger partial charge in [-0.3, -0.25) is 9.59 Å². The standard InChI is InChI=1S/C17H16Cl2N2O3S/c18-12-6-5-9(7-13(12)19)14-8-25-17(20-14)21-15(22)10-3-1-2-4-11(10)16(23)24/h5-8,10-11H,1-4H2,(H,23,24)(H,20,21,22)/t10-,11-/m0/s1. The van der Waals surface area contributed by atoms with Crippen molar-refractivity contribution in [3.05, 3.63) is 33.6 Å². The lowest BCUT2D eigenvalue weighted by molar-refractivity contribution is -0.147. The highest BCUT2D eigenvalue weighted by Gasteiger charge is 2.35. The molecule has 3 rings (SSSR count). The van der Waals surface area contributed by atoms with Gasteiger partial charge in [0.05, 0.1) is 27.6 Å². The fourth-order valence-electron chi connectivity index (χ4n) is 3.06. The number of rotatable bonds is 4. The maximum atomic E-state index is 12.5. The zero-order valence-electron chi connectivity index (χ0n) is 13.2. The van der Waals surface area contributed by atoms with Crippen LogP contribution in [0.4, 0.5) is 5.13 Å². The van der Waals surface area contributed by atoms with E-state index >= 15 is 0 Å². The second kappa shape index (κ2) is 7.72. The molecule has 25 heavy (non-hydrogen) atoms. The molecule has 0 saturated heterocycles. The van der Waals surface area contributed by atoms with Crippen LogP contribution in [0.3, 0.4) is 0 Å². The van der Waals surface area contributed by atoms with Gasteiger partial charge in [0.2, 0.25) is 5.91 Å². The molecule has 2 aromatic rings. The summed E-state index contributed by atoms with van der Waals surface area (Å²) in [5.41, 5.74) is 1.48. The topological polar surface area (TPSA) is 79.3 Å². The van der Waals surface area contributed by atoms with Crippen LogP contribution >= 0.6 is 34.5 Å². The molecule has 0 bridgehead atoms. The lowest BCUT2D eigenvalue weighted by Crippen LogP contribution is -2.36. The lowest BCUT2D eigenvalue weighted by atomic mass is 9.79. The van der Waals surface area contributed by atoms with Crippen LogP contribution in [-0.2, 0) is 9.59 Å². The maximum Gasteiger partial charge on any atom is 0.307 e. The Morgan fingerprint density at radius 1 is 1.16 bits per heavy atom. The Balaban J connectivity index is 1.73. The van der Waals surface area contributed by atoms with Crippen molar-refractivity contribution in [2.45, 2.75) is 25.7 Å². The summed E-state index contributed by atoms with van der Waals surface area (Å²) < 4.78 is 0. The molecule has 1 aliphatic rings. The van der Waals surface area contributed by atoms with Crippen LogP contribution in [-0.4, -0.2) is 22.0 Å². The van der Waals surface area contributed by atoms with Crippen molar-refractivity contribution in [2.24, 2.45) is 11.8 Å². The third-order valence-electron chi connectivity index (χ3n) is 4.37. The fourth-order valence-corrected chi connectivity index (χ4v) is 4.08. The highest BCUT2D eigenvalue weighted by atomic mass is 35.5. The number of halogens is 2. The maximum absolute atomic E-state index is 12.5. The number of nitrogens with zero attached hydrogens (tertiary/aromatic N) is 1. The Morgan fingerprint density at radius 3 is 2.56 bits per heavy atom. The van der Waals surface area contributed by atoms with Crippen LogP contribution in [0.15, 0.2) is 23.6 Å². The van der Waals surface area contributed by atoms with Gasteiger partial charge in [-0.2, -0.15) is 0 Å². The summed E-state index contributed by atoms with van der Waals surface area (Å²) in [6.07, 6.45) is 2.85. The molecular formula is C17H16Cl2N2O3S. The number of aliphatic carboxylic acids is 1. The third-order valence-corrected chi connectivity index (χ3v) is 5.87. The van der Waals surface area contributed by atoms with Crippen molar-refractivity contribution >= 4 is 51.5 Å². The molecule has 1 saturated carbocycles. The first-order valence-electron chi connectivity index (χ1n) is 7.90. The monoisotopic (exact) mass is 398 g/mol.